The number of hydrogen-bond acceptors (Lipinski definition) is 2. The summed E-state index contributed by atoms with van der Waals surface area (Å²) in [7, 11) is 0. The highest BCUT2D eigenvalue weighted by molar-refractivity contribution is 5.88. The van der Waals surface area contributed by atoms with E-state index in [1.807, 2.05) is 0 Å². The number of carbonyl (C=O) groups excluding carboxylic acids is 2. The van der Waals surface area contributed by atoms with Crippen LogP contribution in [0.3, 0.4) is 0 Å². The van der Waals surface area contributed by atoms with Crippen LogP contribution in [0.4, 0.5) is 0 Å². The summed E-state index contributed by atoms with van der Waals surface area (Å²) in [4.78, 5) is 23.8. The zero-order valence-corrected chi connectivity index (χ0v) is 6.82. The van der Waals surface area contributed by atoms with Gasteiger partial charge in [-0.3, -0.25) is 9.59 Å². The van der Waals surface area contributed by atoms with Gasteiger partial charge in [0.1, 0.15) is 6.04 Å². The maximum absolute atomic E-state index is 11.3. The highest BCUT2D eigenvalue weighted by Gasteiger charge is 2.40. The Bertz CT molecular complexity index is 239. The van der Waals surface area contributed by atoms with Crippen LogP contribution in [0.2, 0.25) is 0 Å². The van der Waals surface area contributed by atoms with Crippen molar-refractivity contribution < 1.29 is 9.59 Å². The first-order valence-corrected chi connectivity index (χ1v) is 4.27. The first kappa shape index (κ1) is 7.58. The molecule has 2 N–H and O–H groups in total. The number of piperidine rings is 1. The fraction of sp³-hybridized carbons (Fsp3) is 0.750. The lowest BCUT2D eigenvalue weighted by molar-refractivity contribution is -0.136. The average molecular weight is 168 g/mol. The average Bonchev–Trinajstić information content (AvgIpc) is 2.28. The van der Waals surface area contributed by atoms with E-state index in [2.05, 4.69) is 0 Å². The fourth-order valence-electron chi connectivity index (χ4n) is 2.15. The van der Waals surface area contributed by atoms with Crippen molar-refractivity contribution in [3.05, 3.63) is 0 Å². The molecule has 2 atom stereocenters. The molecule has 2 amide bonds. The van der Waals surface area contributed by atoms with Crippen molar-refractivity contribution in [1.82, 2.24) is 4.90 Å². The summed E-state index contributed by atoms with van der Waals surface area (Å²) in [6.45, 7) is 0.742. The van der Waals surface area contributed by atoms with Gasteiger partial charge in [0.2, 0.25) is 11.8 Å². The molecule has 12 heavy (non-hydrogen) atoms. The van der Waals surface area contributed by atoms with E-state index in [0.29, 0.717) is 12.3 Å². The molecule has 2 heterocycles. The van der Waals surface area contributed by atoms with E-state index in [-0.39, 0.29) is 17.9 Å². The van der Waals surface area contributed by atoms with Crippen LogP contribution in [-0.2, 0) is 9.59 Å². The molecule has 0 spiro atoms. The summed E-state index contributed by atoms with van der Waals surface area (Å²) < 4.78 is 0. The van der Waals surface area contributed by atoms with Gasteiger partial charge < -0.3 is 10.6 Å². The van der Waals surface area contributed by atoms with Crippen LogP contribution in [0.5, 0.6) is 0 Å². The lowest BCUT2D eigenvalue weighted by Crippen LogP contribution is -2.47. The predicted molar refractivity (Wildman–Crippen MR) is 42.0 cm³/mol. The van der Waals surface area contributed by atoms with Crippen molar-refractivity contribution >= 4 is 11.8 Å². The molecular formula is C8H12N2O2. The Labute approximate surface area is 70.7 Å². The highest BCUT2D eigenvalue weighted by Crippen LogP contribution is 2.31. The molecule has 0 radical (unpaired) electrons. The van der Waals surface area contributed by atoms with E-state index in [4.69, 9.17) is 5.73 Å². The van der Waals surface area contributed by atoms with Crippen molar-refractivity contribution in [2.45, 2.75) is 25.3 Å². The minimum absolute atomic E-state index is 0.0984. The summed E-state index contributed by atoms with van der Waals surface area (Å²) in [6, 6.07) is -0.323. The van der Waals surface area contributed by atoms with Crippen LogP contribution >= 0.6 is 0 Å². The summed E-state index contributed by atoms with van der Waals surface area (Å²) >= 11 is 0. The van der Waals surface area contributed by atoms with E-state index in [9.17, 15) is 9.59 Å². The third-order valence-electron chi connectivity index (χ3n) is 2.79. The van der Waals surface area contributed by atoms with Gasteiger partial charge in [-0.2, -0.15) is 0 Å². The van der Waals surface area contributed by atoms with Gasteiger partial charge in [0.25, 0.3) is 0 Å². The maximum atomic E-state index is 11.3. The molecule has 66 valence electrons. The van der Waals surface area contributed by atoms with Crippen molar-refractivity contribution in [2.75, 3.05) is 6.54 Å². The van der Waals surface area contributed by atoms with Gasteiger partial charge in [-0.15, -0.1) is 0 Å². The van der Waals surface area contributed by atoms with Crippen molar-refractivity contribution in [3.8, 4) is 0 Å². The van der Waals surface area contributed by atoms with Crippen LogP contribution in [0.15, 0.2) is 0 Å². The Morgan fingerprint density at radius 2 is 2.25 bits per heavy atom. The molecule has 2 aliphatic heterocycles. The largest absolute Gasteiger partial charge is 0.368 e. The highest BCUT2D eigenvalue weighted by atomic mass is 16.2. The Hall–Kier alpha value is -1.06. The summed E-state index contributed by atoms with van der Waals surface area (Å²) in [5, 5.41) is 0. The van der Waals surface area contributed by atoms with Gasteiger partial charge in [-0.25, -0.2) is 0 Å². The molecule has 0 aliphatic carbocycles. The van der Waals surface area contributed by atoms with Gasteiger partial charge in [-0.05, 0) is 18.8 Å². The molecule has 2 fully saturated rings. The van der Waals surface area contributed by atoms with E-state index in [1.165, 1.54) is 0 Å². The molecule has 4 heteroatoms. The van der Waals surface area contributed by atoms with E-state index < -0.39 is 0 Å². The number of nitrogens with zero attached hydrogens (tertiary/aromatic N) is 1. The number of fused-ring (bicyclic) bond motifs is 2. The van der Waals surface area contributed by atoms with Gasteiger partial charge >= 0.3 is 0 Å². The topological polar surface area (TPSA) is 63.4 Å². The standard InChI is InChI=1S/C8H12N2O2/c9-8(12)6-2-1-5-3-7(11)10(6)4-5/h5-6H,1-4H2,(H2,9,12)/t5-,6?/m1/s1. The summed E-state index contributed by atoms with van der Waals surface area (Å²) in [5.74, 6) is 0.220. The lowest BCUT2D eigenvalue weighted by atomic mass is 9.96. The monoisotopic (exact) mass is 168 g/mol. The molecule has 2 rings (SSSR count). The Kier molecular flexibility index (Phi) is 1.56. The van der Waals surface area contributed by atoms with Crippen molar-refractivity contribution in [3.63, 3.8) is 0 Å². The first-order chi connectivity index (χ1) is 5.68. The maximum Gasteiger partial charge on any atom is 0.240 e. The SMILES string of the molecule is NC(=O)C1CC[C@@H]2CC(=O)N1C2. The minimum atomic E-state index is -0.358. The van der Waals surface area contributed by atoms with E-state index >= 15 is 0 Å². The fourth-order valence-corrected chi connectivity index (χ4v) is 2.15. The molecule has 0 aromatic carbocycles. The molecule has 2 aliphatic rings. The molecule has 4 nitrogen and oxygen atoms in total. The Morgan fingerprint density at radius 1 is 1.50 bits per heavy atom. The second-order valence-electron chi connectivity index (χ2n) is 3.61. The van der Waals surface area contributed by atoms with Crippen LogP contribution in [0.1, 0.15) is 19.3 Å². The van der Waals surface area contributed by atoms with Crippen LogP contribution in [-0.4, -0.2) is 29.3 Å². The third-order valence-corrected chi connectivity index (χ3v) is 2.79. The van der Waals surface area contributed by atoms with Gasteiger partial charge in [-0.1, -0.05) is 0 Å². The molecule has 2 bridgehead atoms. The zero-order chi connectivity index (χ0) is 8.72. The van der Waals surface area contributed by atoms with Crippen LogP contribution < -0.4 is 5.73 Å². The molecule has 0 aromatic rings. The Balaban J connectivity index is 2.18. The zero-order valence-electron chi connectivity index (χ0n) is 6.82. The number of nitrogens with two attached hydrogens (primary N) is 1. The van der Waals surface area contributed by atoms with Crippen molar-refractivity contribution in [1.29, 1.82) is 0 Å². The van der Waals surface area contributed by atoms with Gasteiger partial charge in [0, 0.05) is 13.0 Å². The number of hydrogen-bond donors (Lipinski definition) is 1. The second-order valence-corrected chi connectivity index (χ2v) is 3.61. The second kappa shape index (κ2) is 2.47. The predicted octanol–water partition coefficient (Wildman–Crippen LogP) is -0.517. The molecular weight excluding hydrogens is 156 g/mol. The van der Waals surface area contributed by atoms with Gasteiger partial charge in [0.05, 0.1) is 0 Å². The number of primary amides is 1. The third kappa shape index (κ3) is 0.983. The molecule has 0 saturated carbocycles. The van der Waals surface area contributed by atoms with Crippen LogP contribution in [0.25, 0.3) is 0 Å². The van der Waals surface area contributed by atoms with Crippen molar-refractivity contribution in [2.24, 2.45) is 11.7 Å². The number of carbonyl (C=O) groups is 2. The first-order valence-electron chi connectivity index (χ1n) is 4.27. The summed E-state index contributed by atoms with van der Waals surface area (Å²) in [5.41, 5.74) is 5.18. The quantitative estimate of drug-likeness (QED) is 0.572. The van der Waals surface area contributed by atoms with Crippen LogP contribution in [0, 0.1) is 5.92 Å². The van der Waals surface area contributed by atoms with E-state index in [1.54, 1.807) is 4.90 Å². The summed E-state index contributed by atoms with van der Waals surface area (Å²) in [6.07, 6.45) is 2.34. The van der Waals surface area contributed by atoms with Gasteiger partial charge in [0.15, 0.2) is 0 Å². The normalized spacial score (nSPS) is 34.0. The van der Waals surface area contributed by atoms with E-state index in [0.717, 1.165) is 19.4 Å². The molecule has 0 aromatic heterocycles. The molecule has 1 unspecified atom stereocenters. The number of amides is 2. The molecule has 2 saturated heterocycles. The smallest absolute Gasteiger partial charge is 0.240 e. The Morgan fingerprint density at radius 3 is 2.92 bits per heavy atom. The lowest BCUT2D eigenvalue weighted by Gasteiger charge is -2.29. The minimum Gasteiger partial charge on any atom is -0.368 e. The number of rotatable bonds is 1.